The molecule has 1 amide bonds. The average molecular weight is 273 g/mol. The summed E-state index contributed by atoms with van der Waals surface area (Å²) in [4.78, 5) is 23.0. The number of rotatable bonds is 4. The van der Waals surface area contributed by atoms with Crippen molar-refractivity contribution >= 4 is 17.6 Å². The van der Waals surface area contributed by atoms with Crippen LogP contribution in [0.1, 0.15) is 21.7 Å². The molecule has 1 aromatic carbocycles. The van der Waals surface area contributed by atoms with Gasteiger partial charge in [0.25, 0.3) is 0 Å². The number of nitrogens with one attached hydrogen (secondary N) is 1. The lowest BCUT2D eigenvalue weighted by molar-refractivity contribution is -0.116. The first-order valence-electron chi connectivity index (χ1n) is 6.10. The molecule has 1 aromatic heterocycles. The predicted molar refractivity (Wildman–Crippen MR) is 73.7 cm³/mol. The van der Waals surface area contributed by atoms with Gasteiger partial charge in [0.15, 0.2) is 0 Å². The molecule has 0 aliphatic carbocycles. The zero-order chi connectivity index (χ0) is 14.7. The second-order valence-corrected chi connectivity index (χ2v) is 4.48. The number of anilines is 1. The van der Waals surface area contributed by atoms with E-state index in [0.29, 0.717) is 0 Å². The molecule has 0 unspecified atom stereocenters. The van der Waals surface area contributed by atoms with Gasteiger partial charge in [0.1, 0.15) is 6.54 Å². The monoisotopic (exact) mass is 273 g/mol. The quantitative estimate of drug-likeness (QED) is 0.890. The second kappa shape index (κ2) is 5.56. The lowest BCUT2D eigenvalue weighted by atomic mass is 10.2. The van der Waals surface area contributed by atoms with Crippen LogP contribution in [0.2, 0.25) is 0 Å². The summed E-state index contributed by atoms with van der Waals surface area (Å²) >= 11 is 0. The highest BCUT2D eigenvalue weighted by Gasteiger charge is 2.12. The van der Waals surface area contributed by atoms with Crippen LogP contribution in [0, 0.1) is 13.8 Å². The number of amides is 1. The number of carboxylic acid groups (broad SMARTS) is 1. The number of hydrogen-bond acceptors (Lipinski definition) is 3. The number of carboxylic acids is 1. The third-order valence-electron chi connectivity index (χ3n) is 2.83. The van der Waals surface area contributed by atoms with Gasteiger partial charge in [0.2, 0.25) is 5.91 Å². The highest BCUT2D eigenvalue weighted by Crippen LogP contribution is 2.15. The van der Waals surface area contributed by atoms with Crippen molar-refractivity contribution in [2.45, 2.75) is 20.4 Å². The van der Waals surface area contributed by atoms with E-state index >= 15 is 0 Å². The Morgan fingerprint density at radius 2 is 2.00 bits per heavy atom. The molecule has 2 aromatic rings. The van der Waals surface area contributed by atoms with E-state index < -0.39 is 5.97 Å². The molecule has 0 aliphatic heterocycles. The summed E-state index contributed by atoms with van der Waals surface area (Å²) in [7, 11) is 0. The molecule has 2 rings (SSSR count). The van der Waals surface area contributed by atoms with Crippen molar-refractivity contribution in [2.24, 2.45) is 0 Å². The zero-order valence-electron chi connectivity index (χ0n) is 11.3. The Morgan fingerprint density at radius 3 is 2.60 bits per heavy atom. The van der Waals surface area contributed by atoms with Crippen LogP contribution >= 0.6 is 0 Å². The summed E-state index contributed by atoms with van der Waals surface area (Å²) in [5.74, 6) is -1.39. The van der Waals surface area contributed by atoms with Crippen molar-refractivity contribution in [3.8, 4) is 0 Å². The Kier molecular flexibility index (Phi) is 3.84. The fourth-order valence-corrected chi connectivity index (χ4v) is 1.94. The van der Waals surface area contributed by atoms with Gasteiger partial charge in [0.05, 0.1) is 16.9 Å². The largest absolute Gasteiger partial charge is 0.478 e. The van der Waals surface area contributed by atoms with E-state index in [1.165, 1.54) is 6.07 Å². The number of aryl methyl sites for hydroxylation is 2. The Balaban J connectivity index is 2.13. The standard InChI is InChI=1S/C14H15N3O3/c1-9-7-10(2)17(16-9)8-13(18)15-12-6-4-3-5-11(12)14(19)20/h3-7H,8H2,1-2H3,(H,15,18)(H,19,20). The van der Waals surface area contributed by atoms with Crippen LogP contribution in [0.25, 0.3) is 0 Å². The third-order valence-corrected chi connectivity index (χ3v) is 2.83. The van der Waals surface area contributed by atoms with Gasteiger partial charge in [-0.05, 0) is 32.0 Å². The molecule has 104 valence electrons. The molecule has 2 N–H and O–H groups in total. The predicted octanol–water partition coefficient (Wildman–Crippen LogP) is 1.84. The molecule has 0 radical (unpaired) electrons. The summed E-state index contributed by atoms with van der Waals surface area (Å²) < 4.78 is 1.58. The van der Waals surface area contributed by atoms with Crippen LogP contribution in [0.5, 0.6) is 0 Å². The van der Waals surface area contributed by atoms with E-state index in [4.69, 9.17) is 5.11 Å². The van der Waals surface area contributed by atoms with Crippen molar-refractivity contribution in [1.29, 1.82) is 0 Å². The van der Waals surface area contributed by atoms with Crippen molar-refractivity contribution in [3.63, 3.8) is 0 Å². The number of aromatic nitrogens is 2. The summed E-state index contributed by atoms with van der Waals surface area (Å²) in [6, 6.07) is 8.16. The minimum Gasteiger partial charge on any atom is -0.478 e. The van der Waals surface area contributed by atoms with Gasteiger partial charge in [-0.2, -0.15) is 5.10 Å². The van der Waals surface area contributed by atoms with Gasteiger partial charge in [-0.3, -0.25) is 9.48 Å². The van der Waals surface area contributed by atoms with Crippen molar-refractivity contribution in [2.75, 3.05) is 5.32 Å². The normalized spacial score (nSPS) is 10.3. The van der Waals surface area contributed by atoms with E-state index in [0.717, 1.165) is 11.4 Å². The first-order valence-corrected chi connectivity index (χ1v) is 6.10. The van der Waals surface area contributed by atoms with E-state index in [2.05, 4.69) is 10.4 Å². The van der Waals surface area contributed by atoms with Crippen LogP contribution in [-0.2, 0) is 11.3 Å². The number of carbonyl (C=O) groups is 2. The molecule has 0 aliphatic rings. The van der Waals surface area contributed by atoms with E-state index in [-0.39, 0.29) is 23.7 Å². The van der Waals surface area contributed by atoms with Gasteiger partial charge in [-0.25, -0.2) is 4.79 Å². The molecule has 6 heteroatoms. The second-order valence-electron chi connectivity index (χ2n) is 4.48. The fourth-order valence-electron chi connectivity index (χ4n) is 1.94. The minimum atomic E-state index is -1.08. The highest BCUT2D eigenvalue weighted by molar-refractivity contribution is 6.00. The molecule has 0 atom stereocenters. The Bertz CT molecular complexity index is 661. The van der Waals surface area contributed by atoms with Crippen LogP contribution < -0.4 is 5.32 Å². The first-order chi connectivity index (χ1) is 9.47. The van der Waals surface area contributed by atoms with Crippen molar-refractivity contribution in [1.82, 2.24) is 9.78 Å². The summed E-state index contributed by atoms with van der Waals surface area (Å²) in [6.07, 6.45) is 0. The molecule has 0 spiro atoms. The van der Waals surface area contributed by atoms with E-state index in [1.807, 2.05) is 19.9 Å². The van der Waals surface area contributed by atoms with E-state index in [9.17, 15) is 9.59 Å². The number of aromatic carboxylic acids is 1. The smallest absolute Gasteiger partial charge is 0.337 e. The van der Waals surface area contributed by atoms with Crippen molar-refractivity contribution < 1.29 is 14.7 Å². The number of benzene rings is 1. The number of carbonyl (C=O) groups excluding carboxylic acids is 1. The molecule has 6 nitrogen and oxygen atoms in total. The lowest BCUT2D eigenvalue weighted by Gasteiger charge is -2.09. The summed E-state index contributed by atoms with van der Waals surface area (Å²) in [5.41, 5.74) is 2.06. The van der Waals surface area contributed by atoms with Gasteiger partial charge >= 0.3 is 5.97 Å². The summed E-state index contributed by atoms with van der Waals surface area (Å²) in [5, 5.41) is 15.8. The third kappa shape index (κ3) is 3.03. The average Bonchev–Trinajstić information content (AvgIpc) is 2.68. The zero-order valence-corrected chi connectivity index (χ0v) is 11.3. The van der Waals surface area contributed by atoms with Crippen LogP contribution in [-0.4, -0.2) is 26.8 Å². The molecular weight excluding hydrogens is 258 g/mol. The van der Waals surface area contributed by atoms with Gasteiger partial charge in [0, 0.05) is 5.69 Å². The van der Waals surface area contributed by atoms with Gasteiger partial charge in [-0.15, -0.1) is 0 Å². The SMILES string of the molecule is Cc1cc(C)n(CC(=O)Nc2ccccc2C(=O)O)n1. The molecule has 1 heterocycles. The number of hydrogen-bond donors (Lipinski definition) is 2. The van der Waals surface area contributed by atoms with Crippen LogP contribution in [0.15, 0.2) is 30.3 Å². The topological polar surface area (TPSA) is 84.2 Å². The maximum Gasteiger partial charge on any atom is 0.337 e. The number of nitrogens with zero attached hydrogens (tertiary/aromatic N) is 2. The maximum absolute atomic E-state index is 12.0. The minimum absolute atomic E-state index is 0.0492. The Morgan fingerprint density at radius 1 is 1.30 bits per heavy atom. The molecule has 0 fully saturated rings. The van der Waals surface area contributed by atoms with Crippen LogP contribution in [0.3, 0.4) is 0 Å². The highest BCUT2D eigenvalue weighted by atomic mass is 16.4. The van der Waals surface area contributed by atoms with E-state index in [1.54, 1.807) is 22.9 Å². The first kappa shape index (κ1) is 13.8. The fraction of sp³-hybridized carbons (Fsp3) is 0.214. The Labute approximate surface area is 116 Å². The van der Waals surface area contributed by atoms with Gasteiger partial charge in [-0.1, -0.05) is 12.1 Å². The molecule has 0 bridgehead atoms. The lowest BCUT2D eigenvalue weighted by Crippen LogP contribution is -2.21. The maximum atomic E-state index is 12.0. The molecule has 0 saturated carbocycles. The molecular formula is C14H15N3O3. The van der Waals surface area contributed by atoms with Crippen molar-refractivity contribution in [3.05, 3.63) is 47.3 Å². The molecule has 20 heavy (non-hydrogen) atoms. The molecule has 0 saturated heterocycles. The van der Waals surface area contributed by atoms with Gasteiger partial charge < -0.3 is 10.4 Å². The summed E-state index contributed by atoms with van der Waals surface area (Å²) in [6.45, 7) is 3.76. The number of para-hydroxylation sites is 1. The van der Waals surface area contributed by atoms with Crippen LogP contribution in [0.4, 0.5) is 5.69 Å². The Hall–Kier alpha value is -2.63.